The third-order valence-electron chi connectivity index (χ3n) is 4.95. The second kappa shape index (κ2) is 5.85. The van der Waals surface area contributed by atoms with Gasteiger partial charge in [-0.15, -0.1) is 0 Å². The van der Waals surface area contributed by atoms with Crippen LogP contribution in [0.2, 0.25) is 0 Å². The number of hydrogen-bond acceptors (Lipinski definition) is 3. The Labute approximate surface area is 157 Å². The molecule has 0 saturated carbocycles. The smallest absolute Gasteiger partial charge is 0.404 e. The Kier molecular flexibility index (Phi) is 3.55. The molecule has 1 aliphatic heterocycles. The molecule has 1 aliphatic rings. The summed E-state index contributed by atoms with van der Waals surface area (Å²) < 4.78 is 27.0. The lowest BCUT2D eigenvalue weighted by Gasteiger charge is -2.22. The first-order valence-electron chi connectivity index (χ1n) is 8.78. The number of fused-ring (bicyclic) bond motifs is 7. The van der Waals surface area contributed by atoms with Crippen LogP contribution in [0.1, 0.15) is 0 Å². The van der Waals surface area contributed by atoms with E-state index in [-0.39, 0.29) is 0 Å². The maximum absolute atomic E-state index is 13.4. The van der Waals surface area contributed by atoms with E-state index in [1.54, 1.807) is 14.1 Å². The molecule has 0 spiro atoms. The van der Waals surface area contributed by atoms with Crippen LogP contribution in [0.5, 0.6) is 11.5 Å². The summed E-state index contributed by atoms with van der Waals surface area (Å²) in [5.41, 5.74) is 1.83. The highest BCUT2D eigenvalue weighted by Gasteiger charge is 2.37. The Morgan fingerprint density at radius 1 is 0.667 bits per heavy atom. The number of rotatable bonds is 1. The average molecular weight is 375 g/mol. The summed E-state index contributed by atoms with van der Waals surface area (Å²) in [6.45, 7) is 0. The van der Waals surface area contributed by atoms with Crippen LogP contribution in [0.4, 0.5) is 0 Å². The molecule has 0 fully saturated rings. The van der Waals surface area contributed by atoms with Crippen molar-refractivity contribution in [3.8, 4) is 22.6 Å². The number of hydrogen-bond donors (Lipinski definition) is 0. The molecular formula is C22H18NO3P. The summed E-state index contributed by atoms with van der Waals surface area (Å²) in [6.07, 6.45) is 0. The largest absolute Gasteiger partial charge is 0.515 e. The summed E-state index contributed by atoms with van der Waals surface area (Å²) in [6, 6.07) is 24.0. The van der Waals surface area contributed by atoms with Crippen molar-refractivity contribution >= 4 is 29.3 Å². The molecule has 27 heavy (non-hydrogen) atoms. The topological polar surface area (TPSA) is 38.8 Å². The third-order valence-corrected chi connectivity index (χ3v) is 6.78. The van der Waals surface area contributed by atoms with E-state index in [0.29, 0.717) is 11.5 Å². The Bertz CT molecular complexity index is 1160. The molecule has 0 unspecified atom stereocenters. The van der Waals surface area contributed by atoms with Gasteiger partial charge in [-0.05, 0) is 47.8 Å². The maximum Gasteiger partial charge on any atom is 0.515 e. The van der Waals surface area contributed by atoms with Crippen molar-refractivity contribution in [2.75, 3.05) is 14.1 Å². The fourth-order valence-electron chi connectivity index (χ4n) is 3.60. The first-order valence-corrected chi connectivity index (χ1v) is 10.3. The number of benzene rings is 4. The molecule has 0 aliphatic carbocycles. The fourth-order valence-corrected chi connectivity index (χ4v) is 4.77. The summed E-state index contributed by atoms with van der Waals surface area (Å²) in [5, 5.41) is 4.28. The minimum absolute atomic E-state index is 0.570. The standard InChI is InChI=1S/C22H18NO3P/c1-23(2)27(24)25-19-13-11-15-7-3-5-9-17(15)21(19)22-18-10-6-4-8-16(18)12-14-20(22)26-27/h3-14H,1-2H3. The van der Waals surface area contributed by atoms with Gasteiger partial charge >= 0.3 is 7.75 Å². The van der Waals surface area contributed by atoms with Crippen molar-refractivity contribution in [3.05, 3.63) is 72.8 Å². The van der Waals surface area contributed by atoms with E-state index in [0.717, 1.165) is 32.7 Å². The van der Waals surface area contributed by atoms with Gasteiger partial charge in [0.25, 0.3) is 0 Å². The second-order valence-electron chi connectivity index (χ2n) is 6.82. The first kappa shape index (κ1) is 16.4. The van der Waals surface area contributed by atoms with Crippen molar-refractivity contribution in [2.45, 2.75) is 0 Å². The summed E-state index contributed by atoms with van der Waals surface area (Å²) >= 11 is 0. The fraction of sp³-hybridized carbons (Fsp3) is 0.0909. The molecule has 0 saturated heterocycles. The van der Waals surface area contributed by atoms with Gasteiger partial charge in [-0.25, -0.2) is 4.57 Å². The van der Waals surface area contributed by atoms with Crippen molar-refractivity contribution in [3.63, 3.8) is 0 Å². The van der Waals surface area contributed by atoms with Gasteiger partial charge in [0.15, 0.2) is 0 Å². The van der Waals surface area contributed by atoms with Crippen LogP contribution in [0, 0.1) is 0 Å². The van der Waals surface area contributed by atoms with Crippen molar-refractivity contribution in [1.29, 1.82) is 0 Å². The number of nitrogens with zero attached hydrogens (tertiary/aromatic N) is 1. The monoisotopic (exact) mass is 375 g/mol. The molecule has 4 aromatic carbocycles. The Morgan fingerprint density at radius 3 is 1.56 bits per heavy atom. The Morgan fingerprint density at radius 2 is 1.11 bits per heavy atom. The lowest BCUT2D eigenvalue weighted by atomic mass is 9.92. The van der Waals surface area contributed by atoms with Crippen LogP contribution >= 0.6 is 7.75 Å². The van der Waals surface area contributed by atoms with Crippen LogP contribution in [-0.2, 0) is 4.57 Å². The van der Waals surface area contributed by atoms with Crippen LogP contribution in [0.25, 0.3) is 32.7 Å². The average Bonchev–Trinajstić information content (AvgIpc) is 2.82. The predicted octanol–water partition coefficient (Wildman–Crippen LogP) is 6.10. The molecule has 0 bridgehead atoms. The van der Waals surface area contributed by atoms with Gasteiger partial charge in [0.1, 0.15) is 11.5 Å². The normalized spacial score (nSPS) is 14.9. The first-order chi connectivity index (χ1) is 13.1. The Hall–Kier alpha value is -2.81. The zero-order valence-corrected chi connectivity index (χ0v) is 15.9. The Balaban J connectivity index is 1.98. The summed E-state index contributed by atoms with van der Waals surface area (Å²) in [5.74, 6) is 1.14. The summed E-state index contributed by atoms with van der Waals surface area (Å²) in [7, 11) is -0.112. The van der Waals surface area contributed by atoms with E-state index in [9.17, 15) is 4.57 Å². The molecule has 1 heterocycles. The maximum atomic E-state index is 13.4. The molecule has 134 valence electrons. The van der Waals surface area contributed by atoms with Gasteiger partial charge in [-0.2, -0.15) is 4.67 Å². The van der Waals surface area contributed by atoms with Crippen molar-refractivity contribution in [2.24, 2.45) is 0 Å². The lowest BCUT2D eigenvalue weighted by molar-refractivity contribution is 0.330. The zero-order valence-electron chi connectivity index (χ0n) is 15.0. The molecule has 0 N–H and O–H groups in total. The lowest BCUT2D eigenvalue weighted by Crippen LogP contribution is -2.16. The predicted molar refractivity (Wildman–Crippen MR) is 109 cm³/mol. The van der Waals surface area contributed by atoms with Gasteiger partial charge in [0.2, 0.25) is 0 Å². The minimum atomic E-state index is -3.52. The van der Waals surface area contributed by atoms with E-state index in [4.69, 9.17) is 9.05 Å². The minimum Gasteiger partial charge on any atom is -0.404 e. The van der Waals surface area contributed by atoms with Crippen LogP contribution in [0.15, 0.2) is 72.8 Å². The molecule has 0 radical (unpaired) electrons. The quantitative estimate of drug-likeness (QED) is 0.377. The highest BCUT2D eigenvalue weighted by atomic mass is 31.2. The molecule has 4 nitrogen and oxygen atoms in total. The van der Waals surface area contributed by atoms with Gasteiger partial charge in [-0.1, -0.05) is 60.7 Å². The molecule has 0 aromatic heterocycles. The van der Waals surface area contributed by atoms with Gasteiger partial charge in [-0.3, -0.25) is 0 Å². The third kappa shape index (κ3) is 2.45. The second-order valence-corrected chi connectivity index (χ2v) is 8.92. The molecule has 0 amide bonds. The molecule has 0 atom stereocenters. The van der Waals surface area contributed by atoms with Crippen LogP contribution < -0.4 is 9.05 Å². The molecular weight excluding hydrogens is 357 g/mol. The molecule has 5 heteroatoms. The van der Waals surface area contributed by atoms with Gasteiger partial charge in [0, 0.05) is 11.1 Å². The summed E-state index contributed by atoms with van der Waals surface area (Å²) in [4.78, 5) is 0. The van der Waals surface area contributed by atoms with Crippen molar-refractivity contribution in [1.82, 2.24) is 4.67 Å². The van der Waals surface area contributed by atoms with Gasteiger partial charge < -0.3 is 9.05 Å². The van der Waals surface area contributed by atoms with Crippen LogP contribution in [-0.4, -0.2) is 18.8 Å². The zero-order chi connectivity index (χ0) is 18.6. The van der Waals surface area contributed by atoms with E-state index in [1.165, 1.54) is 4.67 Å². The van der Waals surface area contributed by atoms with E-state index < -0.39 is 7.75 Å². The van der Waals surface area contributed by atoms with Gasteiger partial charge in [0.05, 0.1) is 0 Å². The highest BCUT2D eigenvalue weighted by Crippen LogP contribution is 2.59. The van der Waals surface area contributed by atoms with Crippen LogP contribution in [0.3, 0.4) is 0 Å². The molecule has 4 aromatic rings. The van der Waals surface area contributed by atoms with Crippen molar-refractivity contribution < 1.29 is 13.6 Å². The highest BCUT2D eigenvalue weighted by molar-refractivity contribution is 7.52. The van der Waals surface area contributed by atoms with E-state index >= 15 is 0 Å². The van der Waals surface area contributed by atoms with E-state index in [1.807, 2.05) is 48.5 Å². The molecule has 5 rings (SSSR count). The SMILES string of the molecule is CN(C)P1(=O)Oc2ccc3ccccc3c2-c2c(ccc3ccccc23)O1. The van der Waals surface area contributed by atoms with E-state index in [2.05, 4.69) is 24.3 Å².